The normalized spacial score (nSPS) is 16.8. The lowest BCUT2D eigenvalue weighted by molar-refractivity contribution is -0.129. The summed E-state index contributed by atoms with van der Waals surface area (Å²) in [5.74, 6) is -0.541. The van der Waals surface area contributed by atoms with Gasteiger partial charge in [0.05, 0.1) is 4.91 Å². The predicted octanol–water partition coefficient (Wildman–Crippen LogP) is 4.18. The fourth-order valence-corrected chi connectivity index (χ4v) is 3.92. The molecule has 3 rings (SSSR count). The molecule has 0 bridgehead atoms. The lowest BCUT2D eigenvalue weighted by atomic mass is 10.2. The van der Waals surface area contributed by atoms with Crippen molar-refractivity contribution < 1.29 is 14.7 Å². The summed E-state index contributed by atoms with van der Waals surface area (Å²) in [6.07, 6.45) is 5.40. The number of phenols is 1. The summed E-state index contributed by atoms with van der Waals surface area (Å²) in [5, 5.41) is 12.0. The van der Waals surface area contributed by atoms with Gasteiger partial charge in [0.2, 0.25) is 5.91 Å². The van der Waals surface area contributed by atoms with Gasteiger partial charge in [-0.05, 0) is 42.8 Å². The second kappa shape index (κ2) is 8.86. The summed E-state index contributed by atoms with van der Waals surface area (Å²) in [6.45, 7) is 1.63. The van der Waals surface area contributed by atoms with Gasteiger partial charge in [0.1, 0.15) is 16.1 Å². The van der Waals surface area contributed by atoms with Crippen molar-refractivity contribution in [2.24, 2.45) is 0 Å². The number of rotatable bonds is 5. The average Bonchev–Trinajstić information content (AvgIpc) is 2.97. The Balaban J connectivity index is 1.68. The van der Waals surface area contributed by atoms with Crippen LogP contribution in [0.5, 0.6) is 5.75 Å². The van der Waals surface area contributed by atoms with Crippen LogP contribution in [0.25, 0.3) is 6.08 Å². The van der Waals surface area contributed by atoms with Crippen molar-refractivity contribution in [3.05, 3.63) is 77.2 Å². The van der Waals surface area contributed by atoms with Crippen molar-refractivity contribution in [1.82, 2.24) is 4.90 Å². The van der Waals surface area contributed by atoms with Crippen LogP contribution in [0.2, 0.25) is 0 Å². The molecule has 1 unspecified atom stereocenters. The van der Waals surface area contributed by atoms with Crippen molar-refractivity contribution in [3.63, 3.8) is 0 Å². The molecular formula is C21H18N2O3S2. The van der Waals surface area contributed by atoms with E-state index in [2.05, 4.69) is 5.32 Å². The Morgan fingerprint density at radius 2 is 1.86 bits per heavy atom. The number of thioether (sulfide) groups is 1. The molecule has 0 aromatic heterocycles. The molecule has 0 saturated carbocycles. The molecule has 0 aliphatic carbocycles. The smallest absolute Gasteiger partial charge is 0.266 e. The van der Waals surface area contributed by atoms with E-state index in [1.54, 1.807) is 31.2 Å². The molecular weight excluding hydrogens is 392 g/mol. The van der Waals surface area contributed by atoms with E-state index < -0.39 is 6.04 Å². The molecule has 2 aromatic carbocycles. The second-order valence-electron chi connectivity index (χ2n) is 6.06. The van der Waals surface area contributed by atoms with Gasteiger partial charge in [-0.2, -0.15) is 0 Å². The summed E-state index contributed by atoms with van der Waals surface area (Å²) >= 11 is 6.48. The zero-order valence-corrected chi connectivity index (χ0v) is 16.7. The van der Waals surface area contributed by atoms with Crippen LogP contribution in [-0.2, 0) is 9.59 Å². The van der Waals surface area contributed by atoms with Crippen LogP contribution in [0.3, 0.4) is 0 Å². The summed E-state index contributed by atoms with van der Waals surface area (Å²) < 4.78 is 0.345. The van der Waals surface area contributed by atoms with Gasteiger partial charge in [0.15, 0.2) is 0 Å². The highest BCUT2D eigenvalue weighted by Gasteiger charge is 2.37. The van der Waals surface area contributed by atoms with Crippen molar-refractivity contribution in [2.45, 2.75) is 13.0 Å². The number of carbonyl (C=O) groups is 2. The molecule has 0 radical (unpaired) electrons. The zero-order chi connectivity index (χ0) is 20.1. The molecule has 28 heavy (non-hydrogen) atoms. The largest absolute Gasteiger partial charge is 0.508 e. The first-order valence-electron chi connectivity index (χ1n) is 8.54. The third-order valence-corrected chi connectivity index (χ3v) is 5.41. The number of aromatic hydroxyl groups is 1. The molecule has 0 spiro atoms. The Morgan fingerprint density at radius 3 is 2.54 bits per heavy atom. The molecule has 1 fully saturated rings. The number of carbonyl (C=O) groups excluding carboxylic acids is 2. The van der Waals surface area contributed by atoms with Gasteiger partial charge >= 0.3 is 0 Å². The van der Waals surface area contributed by atoms with Crippen LogP contribution < -0.4 is 5.32 Å². The lowest BCUT2D eigenvalue weighted by Gasteiger charge is -2.22. The van der Waals surface area contributed by atoms with E-state index >= 15 is 0 Å². The number of thiocarbonyl (C=S) groups is 1. The molecule has 2 amide bonds. The van der Waals surface area contributed by atoms with Crippen LogP contribution >= 0.6 is 24.0 Å². The van der Waals surface area contributed by atoms with Crippen LogP contribution in [0.15, 0.2) is 71.7 Å². The molecule has 7 heteroatoms. The number of allylic oxidation sites excluding steroid dienone is 2. The van der Waals surface area contributed by atoms with Gasteiger partial charge in [-0.3, -0.25) is 14.5 Å². The van der Waals surface area contributed by atoms with E-state index in [0.717, 1.165) is 5.56 Å². The van der Waals surface area contributed by atoms with Crippen molar-refractivity contribution in [3.8, 4) is 5.75 Å². The van der Waals surface area contributed by atoms with Crippen LogP contribution in [0.4, 0.5) is 5.69 Å². The van der Waals surface area contributed by atoms with E-state index in [1.807, 2.05) is 36.4 Å². The average molecular weight is 411 g/mol. The van der Waals surface area contributed by atoms with Gasteiger partial charge in [0, 0.05) is 5.69 Å². The molecule has 1 aliphatic rings. The fourth-order valence-electron chi connectivity index (χ4n) is 2.55. The minimum atomic E-state index is -0.759. The Bertz CT molecular complexity index is 953. The first-order chi connectivity index (χ1) is 13.5. The maximum Gasteiger partial charge on any atom is 0.266 e. The number of anilines is 1. The van der Waals surface area contributed by atoms with Crippen molar-refractivity contribution in [1.29, 1.82) is 0 Å². The number of hydrogen-bond donors (Lipinski definition) is 2. The van der Waals surface area contributed by atoms with Gasteiger partial charge < -0.3 is 10.4 Å². The van der Waals surface area contributed by atoms with Gasteiger partial charge in [-0.1, -0.05) is 66.5 Å². The maximum absolute atomic E-state index is 12.7. The number of nitrogens with one attached hydrogen (secondary N) is 1. The standard InChI is InChI=1S/C21H18N2O3S2/c1-14(19(25)22-16-10-12-17(24)13-11-16)23-20(26)18(28-21(23)27)9-5-8-15-6-3-2-4-7-15/h2-14,24H,1H3,(H,22,25)/b8-5+,18-9-. The minimum absolute atomic E-state index is 0.108. The third-order valence-electron chi connectivity index (χ3n) is 4.06. The van der Waals surface area contributed by atoms with Crippen LogP contribution in [-0.4, -0.2) is 32.2 Å². The zero-order valence-electron chi connectivity index (χ0n) is 15.0. The third kappa shape index (κ3) is 4.68. The first kappa shape index (κ1) is 19.9. The summed E-state index contributed by atoms with van der Waals surface area (Å²) in [5.41, 5.74) is 1.55. The fraction of sp³-hybridized carbons (Fsp3) is 0.0952. The number of nitrogens with zero attached hydrogens (tertiary/aromatic N) is 1. The topological polar surface area (TPSA) is 69.6 Å². The molecule has 1 aliphatic heterocycles. The number of benzene rings is 2. The number of amides is 2. The number of hydrogen-bond acceptors (Lipinski definition) is 5. The SMILES string of the molecule is CC(C(=O)Nc1ccc(O)cc1)N1C(=O)/C(=C/C=C/c2ccccc2)SC1=S. The molecule has 2 N–H and O–H groups in total. The van der Waals surface area contributed by atoms with Crippen molar-refractivity contribution >= 4 is 51.9 Å². The second-order valence-corrected chi connectivity index (χ2v) is 7.73. The molecule has 5 nitrogen and oxygen atoms in total. The lowest BCUT2D eigenvalue weighted by Crippen LogP contribution is -2.44. The predicted molar refractivity (Wildman–Crippen MR) is 117 cm³/mol. The van der Waals surface area contributed by atoms with E-state index in [1.165, 1.54) is 28.8 Å². The number of phenolic OH excluding ortho intramolecular Hbond substituents is 1. The maximum atomic E-state index is 12.7. The van der Waals surface area contributed by atoms with Gasteiger partial charge in [0.25, 0.3) is 5.91 Å². The molecule has 1 atom stereocenters. The van der Waals surface area contributed by atoms with E-state index in [-0.39, 0.29) is 17.6 Å². The molecule has 1 heterocycles. The van der Waals surface area contributed by atoms with E-state index in [4.69, 9.17) is 12.2 Å². The minimum Gasteiger partial charge on any atom is -0.508 e. The quantitative estimate of drug-likeness (QED) is 0.440. The van der Waals surface area contributed by atoms with E-state index in [0.29, 0.717) is 14.9 Å². The first-order valence-corrected chi connectivity index (χ1v) is 9.77. The Hall–Kier alpha value is -2.90. The molecule has 1 saturated heterocycles. The summed E-state index contributed by atoms with van der Waals surface area (Å²) in [7, 11) is 0. The summed E-state index contributed by atoms with van der Waals surface area (Å²) in [6, 6.07) is 15.1. The Kier molecular flexibility index (Phi) is 6.28. The van der Waals surface area contributed by atoms with Gasteiger partial charge in [-0.15, -0.1) is 0 Å². The molecule has 142 valence electrons. The van der Waals surface area contributed by atoms with Gasteiger partial charge in [-0.25, -0.2) is 0 Å². The summed E-state index contributed by atoms with van der Waals surface area (Å²) in [4.78, 5) is 27.0. The van der Waals surface area contributed by atoms with Crippen LogP contribution in [0, 0.1) is 0 Å². The Morgan fingerprint density at radius 1 is 1.18 bits per heavy atom. The Labute approximate surface area is 172 Å². The highest BCUT2D eigenvalue weighted by Crippen LogP contribution is 2.32. The monoisotopic (exact) mass is 410 g/mol. The highest BCUT2D eigenvalue weighted by molar-refractivity contribution is 8.26. The van der Waals surface area contributed by atoms with Crippen LogP contribution in [0.1, 0.15) is 12.5 Å². The highest BCUT2D eigenvalue weighted by atomic mass is 32.2. The van der Waals surface area contributed by atoms with E-state index in [9.17, 15) is 14.7 Å². The van der Waals surface area contributed by atoms with Crippen molar-refractivity contribution in [2.75, 3.05) is 5.32 Å². The molecule has 2 aromatic rings.